The summed E-state index contributed by atoms with van der Waals surface area (Å²) in [5.74, 6) is -0.670. The van der Waals surface area contributed by atoms with Gasteiger partial charge in [0.05, 0.1) is 26.3 Å². The van der Waals surface area contributed by atoms with E-state index in [4.69, 9.17) is 14.2 Å². The van der Waals surface area contributed by atoms with Crippen LogP contribution in [0.3, 0.4) is 0 Å². The zero-order chi connectivity index (χ0) is 23.7. The van der Waals surface area contributed by atoms with Gasteiger partial charge in [-0.15, -0.1) is 0 Å². The number of hydrogen-bond donors (Lipinski definition) is 1. The number of rotatable bonds is 7. The molecule has 0 aliphatic carbocycles. The van der Waals surface area contributed by atoms with Gasteiger partial charge in [0.1, 0.15) is 5.56 Å². The first-order valence-corrected chi connectivity index (χ1v) is 10.2. The van der Waals surface area contributed by atoms with E-state index in [0.29, 0.717) is 5.69 Å². The Balaban J connectivity index is 1.81. The molecule has 33 heavy (non-hydrogen) atoms. The van der Waals surface area contributed by atoms with E-state index in [9.17, 15) is 14.9 Å². The third-order valence-electron chi connectivity index (χ3n) is 5.58. The maximum Gasteiger partial charge on any atom is 0.327 e. The zero-order valence-electron chi connectivity index (χ0n) is 18.7. The first-order chi connectivity index (χ1) is 15.9. The molecule has 9 heteroatoms. The number of carbonyl (C=O) groups is 1. The number of nitrogens with zero attached hydrogens (tertiary/aromatic N) is 2. The van der Waals surface area contributed by atoms with Crippen molar-refractivity contribution in [3.63, 3.8) is 0 Å². The van der Waals surface area contributed by atoms with Crippen LogP contribution in [0, 0.1) is 10.1 Å². The van der Waals surface area contributed by atoms with E-state index in [1.54, 1.807) is 6.07 Å². The van der Waals surface area contributed by atoms with E-state index in [2.05, 4.69) is 22.9 Å². The fourth-order valence-corrected chi connectivity index (χ4v) is 4.17. The summed E-state index contributed by atoms with van der Waals surface area (Å²) in [7, 11) is 3.98. The van der Waals surface area contributed by atoms with Crippen molar-refractivity contribution in [1.29, 1.82) is 0 Å². The molecular formula is C24H23N3O6. The standard InChI is InChI=1S/C24H23N3O6/c1-5-26-18-9-7-6-8-15(18)16-12-14(10-11-19(16)26)25-24(28)17-13-20(31-2)22(32-3)23(33-4)21(17)27(29)30/h6-13H,5H2,1-4H3,(H,25,28). The quantitative estimate of drug-likeness (QED) is 0.314. The normalized spacial score (nSPS) is 10.9. The summed E-state index contributed by atoms with van der Waals surface area (Å²) in [5, 5.41) is 16.6. The van der Waals surface area contributed by atoms with Gasteiger partial charge in [-0.05, 0) is 31.2 Å². The molecule has 1 N–H and O–H groups in total. The van der Waals surface area contributed by atoms with Crippen LogP contribution in [-0.4, -0.2) is 36.7 Å². The molecule has 3 aromatic carbocycles. The first-order valence-electron chi connectivity index (χ1n) is 10.2. The van der Waals surface area contributed by atoms with Crippen LogP contribution in [0.2, 0.25) is 0 Å². The maximum absolute atomic E-state index is 13.2. The number of aromatic nitrogens is 1. The van der Waals surface area contributed by atoms with Crippen molar-refractivity contribution < 1.29 is 23.9 Å². The summed E-state index contributed by atoms with van der Waals surface area (Å²) < 4.78 is 17.9. The van der Waals surface area contributed by atoms with Crippen LogP contribution < -0.4 is 19.5 Å². The lowest BCUT2D eigenvalue weighted by atomic mass is 10.1. The Morgan fingerprint density at radius 1 is 0.970 bits per heavy atom. The molecule has 1 heterocycles. The summed E-state index contributed by atoms with van der Waals surface area (Å²) in [5.41, 5.74) is 1.94. The fraction of sp³-hybridized carbons (Fsp3) is 0.208. The number of methoxy groups -OCH3 is 3. The van der Waals surface area contributed by atoms with Gasteiger partial charge in [-0.2, -0.15) is 0 Å². The third-order valence-corrected chi connectivity index (χ3v) is 5.58. The number of ether oxygens (including phenoxy) is 3. The SMILES string of the molecule is CCn1c2ccccc2c2cc(NC(=O)c3cc(OC)c(OC)c(OC)c3[N+](=O)[O-])ccc21. The minimum atomic E-state index is -0.673. The molecule has 0 radical (unpaired) electrons. The topological polar surface area (TPSA) is 105 Å². The van der Waals surface area contributed by atoms with Crippen LogP contribution in [0.15, 0.2) is 48.5 Å². The van der Waals surface area contributed by atoms with Crippen LogP contribution in [0.1, 0.15) is 17.3 Å². The average molecular weight is 449 g/mol. The molecule has 4 aromatic rings. The van der Waals surface area contributed by atoms with E-state index in [-0.39, 0.29) is 22.8 Å². The zero-order valence-corrected chi connectivity index (χ0v) is 18.7. The molecule has 9 nitrogen and oxygen atoms in total. The van der Waals surface area contributed by atoms with E-state index >= 15 is 0 Å². The second-order valence-electron chi connectivity index (χ2n) is 7.25. The number of anilines is 1. The largest absolute Gasteiger partial charge is 0.493 e. The lowest BCUT2D eigenvalue weighted by Crippen LogP contribution is -2.15. The van der Waals surface area contributed by atoms with Gasteiger partial charge in [-0.3, -0.25) is 14.9 Å². The molecule has 0 aliphatic heterocycles. The molecule has 0 fully saturated rings. The fourth-order valence-electron chi connectivity index (χ4n) is 4.17. The molecule has 0 spiro atoms. The van der Waals surface area contributed by atoms with Crippen molar-refractivity contribution in [2.75, 3.05) is 26.6 Å². The number of amides is 1. The lowest BCUT2D eigenvalue weighted by Gasteiger charge is -2.15. The van der Waals surface area contributed by atoms with Crippen molar-refractivity contribution in [3.05, 3.63) is 64.2 Å². The highest BCUT2D eigenvalue weighted by Gasteiger charge is 2.32. The van der Waals surface area contributed by atoms with Gasteiger partial charge in [0, 0.05) is 40.1 Å². The van der Waals surface area contributed by atoms with Gasteiger partial charge < -0.3 is 24.1 Å². The maximum atomic E-state index is 13.2. The third kappa shape index (κ3) is 3.57. The Morgan fingerprint density at radius 2 is 1.67 bits per heavy atom. The number of nitro benzene ring substituents is 1. The summed E-state index contributed by atoms with van der Waals surface area (Å²) in [6.45, 7) is 2.87. The minimum Gasteiger partial charge on any atom is -0.493 e. The van der Waals surface area contributed by atoms with Crippen molar-refractivity contribution in [2.45, 2.75) is 13.5 Å². The molecule has 0 bridgehead atoms. The highest BCUT2D eigenvalue weighted by atomic mass is 16.6. The van der Waals surface area contributed by atoms with Gasteiger partial charge in [0.25, 0.3) is 5.91 Å². The van der Waals surface area contributed by atoms with Crippen LogP contribution in [0.25, 0.3) is 21.8 Å². The number of nitrogens with one attached hydrogen (secondary N) is 1. The van der Waals surface area contributed by atoms with Crippen LogP contribution in [0.4, 0.5) is 11.4 Å². The molecule has 4 rings (SSSR count). The molecule has 1 amide bonds. The Morgan fingerprint density at radius 3 is 2.30 bits per heavy atom. The van der Waals surface area contributed by atoms with E-state index < -0.39 is 16.5 Å². The summed E-state index contributed by atoms with van der Waals surface area (Å²) in [6, 6.07) is 14.9. The number of nitro groups is 1. The van der Waals surface area contributed by atoms with Crippen LogP contribution in [0.5, 0.6) is 17.2 Å². The number of carbonyl (C=O) groups excluding carboxylic acids is 1. The highest BCUT2D eigenvalue weighted by molar-refractivity contribution is 6.12. The number of benzene rings is 3. The van der Waals surface area contributed by atoms with Crippen LogP contribution >= 0.6 is 0 Å². The van der Waals surface area contributed by atoms with E-state index in [1.165, 1.54) is 27.4 Å². The van der Waals surface area contributed by atoms with E-state index in [1.807, 2.05) is 30.3 Å². The van der Waals surface area contributed by atoms with Gasteiger partial charge in [-0.25, -0.2) is 0 Å². The Labute approximate surface area is 189 Å². The van der Waals surface area contributed by atoms with Gasteiger partial charge >= 0.3 is 5.69 Å². The number of fused-ring (bicyclic) bond motifs is 3. The molecule has 0 atom stereocenters. The van der Waals surface area contributed by atoms with Gasteiger partial charge in [0.15, 0.2) is 5.75 Å². The van der Waals surface area contributed by atoms with Crippen molar-refractivity contribution in [2.24, 2.45) is 0 Å². The molecule has 170 valence electrons. The van der Waals surface area contributed by atoms with Crippen LogP contribution in [-0.2, 0) is 6.54 Å². The average Bonchev–Trinajstić information content (AvgIpc) is 3.15. The molecular weight excluding hydrogens is 426 g/mol. The predicted molar refractivity (Wildman–Crippen MR) is 126 cm³/mol. The Hall–Kier alpha value is -4.27. The predicted octanol–water partition coefficient (Wildman–Crippen LogP) is 5.00. The monoisotopic (exact) mass is 449 g/mol. The summed E-state index contributed by atoms with van der Waals surface area (Å²) in [6.07, 6.45) is 0. The van der Waals surface area contributed by atoms with Crippen molar-refractivity contribution in [3.8, 4) is 17.2 Å². The summed E-state index contributed by atoms with van der Waals surface area (Å²) >= 11 is 0. The highest BCUT2D eigenvalue weighted by Crippen LogP contribution is 2.46. The summed E-state index contributed by atoms with van der Waals surface area (Å²) in [4.78, 5) is 24.3. The van der Waals surface area contributed by atoms with Crippen molar-refractivity contribution in [1.82, 2.24) is 4.57 Å². The second-order valence-corrected chi connectivity index (χ2v) is 7.25. The molecule has 0 saturated carbocycles. The number of para-hydroxylation sites is 1. The van der Waals surface area contributed by atoms with E-state index in [0.717, 1.165) is 28.4 Å². The second kappa shape index (κ2) is 8.70. The molecule has 0 aliphatic rings. The lowest BCUT2D eigenvalue weighted by molar-refractivity contribution is -0.386. The molecule has 0 saturated heterocycles. The molecule has 0 unspecified atom stereocenters. The number of aryl methyl sites for hydroxylation is 1. The smallest absolute Gasteiger partial charge is 0.327 e. The minimum absolute atomic E-state index is 0.0389. The molecule has 1 aromatic heterocycles. The van der Waals surface area contributed by atoms with Gasteiger partial charge in [0.2, 0.25) is 11.5 Å². The Kier molecular flexibility index (Phi) is 5.78. The number of hydrogen-bond acceptors (Lipinski definition) is 6. The van der Waals surface area contributed by atoms with Crippen molar-refractivity contribution >= 4 is 39.1 Å². The Bertz CT molecular complexity index is 1390. The van der Waals surface area contributed by atoms with Gasteiger partial charge in [-0.1, -0.05) is 18.2 Å². The first kappa shape index (κ1) is 21.9.